The van der Waals surface area contributed by atoms with Crippen LogP contribution in [-0.4, -0.2) is 11.1 Å². The smallest absolute Gasteiger partial charge is 0.254 e. The molecule has 0 saturated carbocycles. The molecule has 1 rings (SSSR count). The Morgan fingerprint density at radius 3 is 1.81 bits per heavy atom. The fourth-order valence-electron chi connectivity index (χ4n) is 1.07. The molecule has 0 aliphatic carbocycles. The Kier molecular flexibility index (Phi) is 4.39. The van der Waals surface area contributed by atoms with Crippen LogP contribution in [-0.2, 0) is 0 Å². The van der Waals surface area contributed by atoms with Gasteiger partial charge in [-0.05, 0) is 59.4 Å². The van der Waals surface area contributed by atoms with Crippen molar-refractivity contribution in [1.82, 2.24) is 0 Å². The summed E-state index contributed by atoms with van der Waals surface area (Å²) < 4.78 is 0.810. The molecule has 0 radical (unpaired) electrons. The molecule has 0 heterocycles. The molecule has 0 fully saturated rings. The lowest BCUT2D eigenvalue weighted by Crippen LogP contribution is -2.15. The molecule has 86 valence electrons. The van der Waals surface area contributed by atoms with Gasteiger partial charge in [0.15, 0.2) is 0 Å². The highest BCUT2D eigenvalue weighted by molar-refractivity contribution is 9.11. The van der Waals surface area contributed by atoms with Crippen LogP contribution in [0.15, 0.2) is 13.4 Å². The molecular weight excluding hydrogens is 431 g/mol. The minimum absolute atomic E-state index is 0.0659. The van der Waals surface area contributed by atoms with E-state index in [-0.39, 0.29) is 21.3 Å². The lowest BCUT2D eigenvalue weighted by atomic mass is 10.1. The number of amides is 1. The topological polar surface area (TPSA) is 86.2 Å². The number of hydrogen-bond acceptors (Lipinski definition) is 3. The number of carbonyl (C=O) groups excluding carboxylic acids is 2. The van der Waals surface area contributed by atoms with Gasteiger partial charge in [0.1, 0.15) is 0 Å². The van der Waals surface area contributed by atoms with Crippen molar-refractivity contribution in [3.8, 4) is 0 Å². The Morgan fingerprint density at radius 2 is 1.44 bits per heavy atom. The van der Waals surface area contributed by atoms with Gasteiger partial charge in [0.2, 0.25) is 0 Å². The van der Waals surface area contributed by atoms with E-state index in [1.807, 2.05) is 0 Å². The standard InChI is InChI=1S/C8H4Br3ClN2O2/c9-3-1(7(12)15)4(10)6(13)5(11)2(3)8(14)16/h13H2,(H2,14,16). The number of hydrogen-bond donors (Lipinski definition) is 2. The molecule has 0 atom stereocenters. The molecule has 16 heavy (non-hydrogen) atoms. The fraction of sp³-hybridized carbons (Fsp3) is 0. The van der Waals surface area contributed by atoms with Crippen molar-refractivity contribution in [2.24, 2.45) is 5.73 Å². The molecule has 0 unspecified atom stereocenters. The summed E-state index contributed by atoms with van der Waals surface area (Å²) in [5.74, 6) is -0.725. The van der Waals surface area contributed by atoms with Crippen LogP contribution in [0.4, 0.5) is 5.69 Å². The quantitative estimate of drug-likeness (QED) is 0.553. The number of benzene rings is 1. The van der Waals surface area contributed by atoms with E-state index < -0.39 is 11.1 Å². The maximum absolute atomic E-state index is 11.2. The molecule has 4 N–H and O–H groups in total. The van der Waals surface area contributed by atoms with E-state index in [0.717, 1.165) is 0 Å². The van der Waals surface area contributed by atoms with Crippen LogP contribution < -0.4 is 11.5 Å². The fourth-order valence-corrected chi connectivity index (χ4v) is 4.23. The lowest BCUT2D eigenvalue weighted by molar-refractivity contribution is 0.0999. The Bertz CT molecular complexity index is 464. The zero-order chi connectivity index (χ0) is 12.6. The van der Waals surface area contributed by atoms with E-state index >= 15 is 0 Å². The molecule has 4 nitrogen and oxygen atoms in total. The van der Waals surface area contributed by atoms with Crippen molar-refractivity contribution in [3.63, 3.8) is 0 Å². The summed E-state index contributed by atoms with van der Waals surface area (Å²) in [6, 6.07) is 0. The average Bonchev–Trinajstić information content (AvgIpc) is 2.13. The van der Waals surface area contributed by atoms with E-state index in [4.69, 9.17) is 23.1 Å². The first-order valence-corrected chi connectivity index (χ1v) is 6.50. The minimum Gasteiger partial charge on any atom is -0.397 e. The molecular formula is C8H4Br3ClN2O2. The van der Waals surface area contributed by atoms with Crippen LogP contribution in [0.3, 0.4) is 0 Å². The third kappa shape index (κ3) is 2.27. The van der Waals surface area contributed by atoms with Crippen molar-refractivity contribution in [2.75, 3.05) is 5.73 Å². The first-order chi connectivity index (χ1) is 7.29. The minimum atomic E-state index is -0.750. The predicted molar refractivity (Wildman–Crippen MR) is 72.7 cm³/mol. The van der Waals surface area contributed by atoms with Crippen molar-refractivity contribution in [2.45, 2.75) is 0 Å². The molecule has 0 aromatic heterocycles. The first-order valence-electron chi connectivity index (χ1n) is 3.74. The van der Waals surface area contributed by atoms with Gasteiger partial charge < -0.3 is 11.5 Å². The maximum Gasteiger partial charge on any atom is 0.254 e. The Morgan fingerprint density at radius 1 is 1.00 bits per heavy atom. The molecule has 1 aromatic carbocycles. The first kappa shape index (κ1) is 14.0. The highest BCUT2D eigenvalue weighted by Gasteiger charge is 2.24. The number of carbonyl (C=O) groups is 2. The van der Waals surface area contributed by atoms with Crippen LogP contribution in [0.2, 0.25) is 0 Å². The van der Waals surface area contributed by atoms with Crippen LogP contribution in [0.5, 0.6) is 0 Å². The Labute approximate surface area is 121 Å². The van der Waals surface area contributed by atoms with Crippen LogP contribution in [0, 0.1) is 0 Å². The molecule has 1 amide bonds. The average molecular weight is 435 g/mol. The van der Waals surface area contributed by atoms with Gasteiger partial charge in [-0.15, -0.1) is 0 Å². The van der Waals surface area contributed by atoms with E-state index in [9.17, 15) is 9.59 Å². The second-order valence-electron chi connectivity index (χ2n) is 2.74. The van der Waals surface area contributed by atoms with E-state index in [2.05, 4.69) is 47.8 Å². The van der Waals surface area contributed by atoms with Gasteiger partial charge in [-0.1, -0.05) is 0 Å². The Hall–Kier alpha value is -0.110. The molecule has 0 spiro atoms. The van der Waals surface area contributed by atoms with Crippen molar-refractivity contribution >= 4 is 76.2 Å². The monoisotopic (exact) mass is 432 g/mol. The van der Waals surface area contributed by atoms with Gasteiger partial charge in [-0.25, -0.2) is 0 Å². The molecule has 0 bridgehead atoms. The van der Waals surface area contributed by atoms with Crippen molar-refractivity contribution < 1.29 is 9.59 Å². The molecule has 1 aromatic rings. The summed E-state index contributed by atoms with van der Waals surface area (Å²) in [5.41, 5.74) is 11.2. The normalized spacial score (nSPS) is 10.2. The summed E-state index contributed by atoms with van der Waals surface area (Å²) in [6.07, 6.45) is 0. The highest BCUT2D eigenvalue weighted by Crippen LogP contribution is 2.40. The van der Waals surface area contributed by atoms with Gasteiger partial charge in [0.05, 0.1) is 25.8 Å². The summed E-state index contributed by atoms with van der Waals surface area (Å²) in [5, 5.41) is -0.750. The Balaban J connectivity index is 3.80. The molecule has 0 aliphatic heterocycles. The summed E-state index contributed by atoms with van der Waals surface area (Å²) in [7, 11) is 0. The second-order valence-corrected chi connectivity index (χ2v) is 5.47. The third-order valence-corrected chi connectivity index (χ3v) is 4.42. The van der Waals surface area contributed by atoms with Gasteiger partial charge in [-0.3, -0.25) is 9.59 Å². The number of anilines is 1. The summed E-state index contributed by atoms with van der Waals surface area (Å²) in [4.78, 5) is 22.4. The van der Waals surface area contributed by atoms with Gasteiger partial charge in [0.25, 0.3) is 11.1 Å². The zero-order valence-electron chi connectivity index (χ0n) is 7.48. The molecule has 8 heteroatoms. The predicted octanol–water partition coefficient (Wildman–Crippen LogP) is 3.03. The van der Waals surface area contributed by atoms with Crippen LogP contribution in [0.25, 0.3) is 0 Å². The second kappa shape index (κ2) is 5.03. The zero-order valence-corrected chi connectivity index (χ0v) is 13.0. The van der Waals surface area contributed by atoms with Crippen LogP contribution in [0.1, 0.15) is 20.7 Å². The SMILES string of the molecule is NC(=O)c1c(Br)c(N)c(Br)c(C(=O)Cl)c1Br. The lowest BCUT2D eigenvalue weighted by Gasteiger charge is -2.12. The summed E-state index contributed by atoms with van der Waals surface area (Å²) >= 11 is 14.7. The molecule has 0 aliphatic rings. The largest absolute Gasteiger partial charge is 0.397 e. The number of rotatable bonds is 2. The number of halogens is 4. The van der Waals surface area contributed by atoms with Crippen molar-refractivity contribution in [1.29, 1.82) is 0 Å². The van der Waals surface area contributed by atoms with E-state index in [1.54, 1.807) is 0 Å². The van der Waals surface area contributed by atoms with Gasteiger partial charge in [-0.2, -0.15) is 0 Å². The number of nitrogen functional groups attached to an aromatic ring is 1. The van der Waals surface area contributed by atoms with E-state index in [0.29, 0.717) is 8.95 Å². The van der Waals surface area contributed by atoms with Gasteiger partial charge in [0, 0.05) is 4.47 Å². The number of primary amides is 1. The van der Waals surface area contributed by atoms with Crippen LogP contribution >= 0.6 is 59.4 Å². The number of nitrogens with two attached hydrogens (primary N) is 2. The highest BCUT2D eigenvalue weighted by atomic mass is 79.9. The molecule has 0 saturated heterocycles. The van der Waals surface area contributed by atoms with Gasteiger partial charge >= 0.3 is 0 Å². The van der Waals surface area contributed by atoms with Crippen molar-refractivity contribution in [3.05, 3.63) is 24.5 Å². The maximum atomic E-state index is 11.2. The third-order valence-electron chi connectivity index (χ3n) is 1.79. The summed E-state index contributed by atoms with van der Waals surface area (Å²) in [6.45, 7) is 0. The van der Waals surface area contributed by atoms with E-state index in [1.165, 1.54) is 0 Å².